The smallest absolute Gasteiger partial charge is 0.246 e. The molecule has 0 aliphatic carbocycles. The zero-order valence-electron chi connectivity index (χ0n) is 13.1. The Kier molecular flexibility index (Phi) is 4.76. The quantitative estimate of drug-likeness (QED) is 0.690. The van der Waals surface area contributed by atoms with Crippen LogP contribution < -0.4 is 0 Å². The van der Waals surface area contributed by atoms with Gasteiger partial charge in [0.15, 0.2) is 4.77 Å². The summed E-state index contributed by atoms with van der Waals surface area (Å²) >= 11 is 5.25. The van der Waals surface area contributed by atoms with Crippen molar-refractivity contribution in [1.82, 2.24) is 19.7 Å². The van der Waals surface area contributed by atoms with E-state index in [0.717, 1.165) is 31.8 Å². The molecule has 7 heteroatoms. The molecule has 1 unspecified atom stereocenters. The van der Waals surface area contributed by atoms with Gasteiger partial charge in [0.05, 0.1) is 6.26 Å². The average Bonchev–Trinajstić information content (AvgIpc) is 3.22. The second-order valence-electron chi connectivity index (χ2n) is 5.60. The van der Waals surface area contributed by atoms with Crippen LogP contribution in [0, 0.1) is 4.77 Å². The van der Waals surface area contributed by atoms with Gasteiger partial charge in [-0.2, -0.15) is 5.10 Å². The number of nitrogens with zero attached hydrogens (tertiary/aromatic N) is 3. The van der Waals surface area contributed by atoms with Gasteiger partial charge in [0.2, 0.25) is 5.91 Å². The first-order chi connectivity index (χ1) is 11.2. The van der Waals surface area contributed by atoms with Crippen LogP contribution in [-0.4, -0.2) is 38.7 Å². The molecule has 0 bridgehead atoms. The van der Waals surface area contributed by atoms with Crippen LogP contribution in [0.1, 0.15) is 37.3 Å². The fraction of sp³-hybridized carbons (Fsp3) is 0.438. The van der Waals surface area contributed by atoms with Crippen LogP contribution in [0.2, 0.25) is 0 Å². The highest BCUT2D eigenvalue weighted by Gasteiger charge is 2.27. The van der Waals surface area contributed by atoms with Gasteiger partial charge >= 0.3 is 0 Å². The molecule has 3 heterocycles. The Labute approximate surface area is 139 Å². The summed E-state index contributed by atoms with van der Waals surface area (Å²) in [6.45, 7) is 4.27. The third-order valence-corrected chi connectivity index (χ3v) is 4.45. The van der Waals surface area contributed by atoms with E-state index in [1.54, 1.807) is 24.5 Å². The van der Waals surface area contributed by atoms with Crippen molar-refractivity contribution in [2.75, 3.05) is 13.1 Å². The number of H-pyrrole nitrogens is 1. The summed E-state index contributed by atoms with van der Waals surface area (Å²) in [6.07, 6.45) is 6.85. The lowest BCUT2D eigenvalue weighted by Crippen LogP contribution is -2.38. The molecule has 1 saturated heterocycles. The minimum Gasteiger partial charge on any atom is -0.465 e. The van der Waals surface area contributed by atoms with Crippen LogP contribution in [0.3, 0.4) is 0 Å². The molecule has 1 N–H and O–H groups in total. The number of carbonyl (C=O) groups excluding carboxylic acids is 1. The van der Waals surface area contributed by atoms with Crippen molar-refractivity contribution in [3.8, 4) is 0 Å². The number of furan rings is 1. The Balaban J connectivity index is 1.70. The van der Waals surface area contributed by atoms with Gasteiger partial charge in [0.25, 0.3) is 0 Å². The van der Waals surface area contributed by atoms with Crippen molar-refractivity contribution >= 4 is 24.2 Å². The molecule has 1 aliphatic heterocycles. The Hall–Kier alpha value is -2.15. The number of hydrogen-bond acceptors (Lipinski definition) is 4. The fourth-order valence-electron chi connectivity index (χ4n) is 2.98. The normalized spacial score (nSPS) is 18.7. The summed E-state index contributed by atoms with van der Waals surface area (Å²) < 4.78 is 7.86. The lowest BCUT2D eigenvalue weighted by atomic mass is 9.97. The van der Waals surface area contributed by atoms with Gasteiger partial charge in [0, 0.05) is 31.6 Å². The number of nitrogens with one attached hydrogen (secondary N) is 1. The number of piperidine rings is 1. The number of likely N-dealkylation sites (tertiary alicyclic amines) is 1. The van der Waals surface area contributed by atoms with Gasteiger partial charge in [-0.05, 0) is 50.2 Å². The number of hydrogen-bond donors (Lipinski definition) is 1. The number of rotatable bonds is 4. The van der Waals surface area contributed by atoms with Crippen LogP contribution in [-0.2, 0) is 11.3 Å². The average molecular weight is 332 g/mol. The number of aromatic amines is 1. The highest BCUT2D eigenvalue weighted by Crippen LogP contribution is 2.26. The van der Waals surface area contributed by atoms with Crippen molar-refractivity contribution in [1.29, 1.82) is 0 Å². The van der Waals surface area contributed by atoms with E-state index >= 15 is 0 Å². The fourth-order valence-corrected chi connectivity index (χ4v) is 3.25. The monoisotopic (exact) mass is 332 g/mol. The predicted molar refractivity (Wildman–Crippen MR) is 89.4 cm³/mol. The Bertz CT molecular complexity index is 744. The van der Waals surface area contributed by atoms with Crippen LogP contribution in [0.25, 0.3) is 6.08 Å². The summed E-state index contributed by atoms with van der Waals surface area (Å²) in [5.41, 5.74) is 0. The van der Waals surface area contributed by atoms with E-state index in [1.807, 2.05) is 22.5 Å². The third-order valence-electron chi connectivity index (χ3n) is 4.14. The van der Waals surface area contributed by atoms with Gasteiger partial charge in [-0.3, -0.25) is 9.89 Å². The van der Waals surface area contributed by atoms with Crippen LogP contribution in [0.15, 0.2) is 28.9 Å². The molecule has 3 rings (SSSR count). The van der Waals surface area contributed by atoms with Crippen LogP contribution >= 0.6 is 12.2 Å². The van der Waals surface area contributed by atoms with Crippen LogP contribution in [0.4, 0.5) is 0 Å². The SMILES string of the molecule is CCn1c(C2CCCN(C(=O)C=Cc3ccco3)C2)n[nH]c1=S. The van der Waals surface area contributed by atoms with E-state index in [4.69, 9.17) is 16.6 Å². The summed E-state index contributed by atoms with van der Waals surface area (Å²) in [6, 6.07) is 3.62. The first-order valence-electron chi connectivity index (χ1n) is 7.84. The number of amides is 1. The molecule has 0 radical (unpaired) electrons. The first-order valence-corrected chi connectivity index (χ1v) is 8.25. The Morgan fingerprint density at radius 3 is 3.22 bits per heavy atom. The molecule has 0 spiro atoms. The standard InChI is InChI=1S/C16H20N4O2S/c1-2-20-15(17-18-16(20)23)12-5-3-9-19(11-12)14(21)8-7-13-6-4-10-22-13/h4,6-8,10,12H,2-3,5,9,11H2,1H3,(H,18,23). The number of aromatic nitrogens is 3. The van der Waals surface area contributed by atoms with Gasteiger partial charge < -0.3 is 13.9 Å². The molecule has 1 aliphatic rings. The van der Waals surface area contributed by atoms with E-state index in [9.17, 15) is 4.79 Å². The van der Waals surface area contributed by atoms with Crippen molar-refractivity contribution in [2.45, 2.75) is 32.2 Å². The molecule has 122 valence electrons. The summed E-state index contributed by atoms with van der Waals surface area (Å²) in [5.74, 6) is 1.85. The van der Waals surface area contributed by atoms with Gasteiger partial charge in [-0.15, -0.1) is 0 Å². The predicted octanol–water partition coefficient (Wildman–Crippen LogP) is 2.97. The molecule has 1 fully saturated rings. The topological polar surface area (TPSA) is 67.1 Å². The second kappa shape index (κ2) is 6.95. The van der Waals surface area contributed by atoms with Crippen molar-refractivity contribution in [3.05, 3.63) is 40.8 Å². The molecule has 0 saturated carbocycles. The summed E-state index contributed by atoms with van der Waals surface area (Å²) in [4.78, 5) is 14.2. The van der Waals surface area contributed by atoms with Crippen molar-refractivity contribution in [3.63, 3.8) is 0 Å². The Morgan fingerprint density at radius 2 is 2.48 bits per heavy atom. The lowest BCUT2D eigenvalue weighted by molar-refractivity contribution is -0.127. The van der Waals surface area contributed by atoms with Crippen LogP contribution in [0.5, 0.6) is 0 Å². The van der Waals surface area contributed by atoms with Crippen molar-refractivity contribution in [2.24, 2.45) is 0 Å². The Morgan fingerprint density at radius 1 is 1.61 bits per heavy atom. The zero-order valence-corrected chi connectivity index (χ0v) is 13.9. The molecular formula is C16H20N4O2S. The van der Waals surface area contributed by atoms with E-state index in [2.05, 4.69) is 10.2 Å². The second-order valence-corrected chi connectivity index (χ2v) is 5.99. The first kappa shape index (κ1) is 15.7. The minimum absolute atomic E-state index is 0.00304. The molecule has 6 nitrogen and oxygen atoms in total. The molecular weight excluding hydrogens is 312 g/mol. The maximum absolute atomic E-state index is 12.4. The minimum atomic E-state index is 0.00304. The number of carbonyl (C=O) groups is 1. The maximum Gasteiger partial charge on any atom is 0.246 e. The maximum atomic E-state index is 12.4. The molecule has 1 amide bonds. The summed E-state index contributed by atoms with van der Waals surface area (Å²) in [7, 11) is 0. The van der Waals surface area contributed by atoms with E-state index in [0.29, 0.717) is 17.1 Å². The van der Waals surface area contributed by atoms with Gasteiger partial charge in [-0.1, -0.05) is 0 Å². The highest BCUT2D eigenvalue weighted by atomic mass is 32.1. The zero-order chi connectivity index (χ0) is 16.2. The van der Waals surface area contributed by atoms with Crippen molar-refractivity contribution < 1.29 is 9.21 Å². The van der Waals surface area contributed by atoms with E-state index in [-0.39, 0.29) is 11.8 Å². The molecule has 2 aromatic heterocycles. The molecule has 1 atom stereocenters. The largest absolute Gasteiger partial charge is 0.465 e. The highest BCUT2D eigenvalue weighted by molar-refractivity contribution is 7.71. The lowest BCUT2D eigenvalue weighted by Gasteiger charge is -2.31. The van der Waals surface area contributed by atoms with Gasteiger partial charge in [-0.25, -0.2) is 0 Å². The third kappa shape index (κ3) is 3.44. The molecule has 0 aromatic carbocycles. The van der Waals surface area contributed by atoms with E-state index < -0.39 is 0 Å². The van der Waals surface area contributed by atoms with E-state index in [1.165, 1.54) is 0 Å². The molecule has 2 aromatic rings. The molecule has 23 heavy (non-hydrogen) atoms. The summed E-state index contributed by atoms with van der Waals surface area (Å²) in [5, 5.41) is 7.22. The van der Waals surface area contributed by atoms with Gasteiger partial charge in [0.1, 0.15) is 11.6 Å².